The summed E-state index contributed by atoms with van der Waals surface area (Å²) in [5.41, 5.74) is 0.871. The molecule has 0 radical (unpaired) electrons. The van der Waals surface area contributed by atoms with Crippen LogP contribution in [0.3, 0.4) is 0 Å². The second-order valence-electron chi connectivity index (χ2n) is 5.19. The van der Waals surface area contributed by atoms with Crippen LogP contribution in [0.15, 0.2) is 48.0 Å². The number of carbonyl (C=O) groups excluding carboxylic acids is 2. The molecular weight excluding hydrogens is 391 g/mol. The summed E-state index contributed by atoms with van der Waals surface area (Å²) in [5.74, 6) is -0.845. The average Bonchev–Trinajstić information content (AvgIpc) is 2.65. The summed E-state index contributed by atoms with van der Waals surface area (Å²) in [7, 11) is 1.25. The minimum atomic E-state index is -0.582. The summed E-state index contributed by atoms with van der Waals surface area (Å²) < 4.78 is 9.71. The average molecular weight is 405 g/mol. The number of nitrogens with one attached hydrogen (secondary N) is 1. The predicted molar refractivity (Wildman–Crippen MR) is 103 cm³/mol. The van der Waals surface area contributed by atoms with E-state index >= 15 is 0 Å². The molecule has 0 aromatic heterocycles. The van der Waals surface area contributed by atoms with Crippen LogP contribution in [0.5, 0.6) is 5.75 Å². The largest absolute Gasteiger partial charge is 0.480 e. The second-order valence-corrected chi connectivity index (χ2v) is 6.03. The zero-order valence-corrected chi connectivity index (χ0v) is 15.7. The molecule has 6 nitrogen and oxygen atoms in total. The normalized spacial score (nSPS) is 10.7. The van der Waals surface area contributed by atoms with E-state index in [4.69, 9.17) is 27.9 Å². The van der Waals surface area contributed by atoms with Gasteiger partial charge in [0.1, 0.15) is 17.4 Å². The molecule has 2 rings (SSSR count). The summed E-state index contributed by atoms with van der Waals surface area (Å²) in [6.07, 6.45) is 1.38. The lowest BCUT2D eigenvalue weighted by Crippen LogP contribution is -2.13. The monoisotopic (exact) mass is 404 g/mol. The maximum Gasteiger partial charge on any atom is 0.343 e. The van der Waals surface area contributed by atoms with Crippen LogP contribution in [-0.2, 0) is 14.3 Å². The van der Waals surface area contributed by atoms with Crippen LogP contribution in [0.1, 0.15) is 5.56 Å². The molecule has 27 heavy (non-hydrogen) atoms. The Hall–Kier alpha value is -3.01. The van der Waals surface area contributed by atoms with Gasteiger partial charge in [-0.3, -0.25) is 4.79 Å². The molecule has 8 heteroatoms. The Morgan fingerprint density at radius 2 is 2.00 bits per heavy atom. The molecule has 138 valence electrons. The summed E-state index contributed by atoms with van der Waals surface area (Å²) in [6.45, 7) is -0.281. The molecule has 0 aliphatic carbocycles. The maximum atomic E-state index is 12.3. The van der Waals surface area contributed by atoms with Crippen LogP contribution >= 0.6 is 23.2 Å². The van der Waals surface area contributed by atoms with Crippen molar-refractivity contribution < 1.29 is 19.1 Å². The highest BCUT2D eigenvalue weighted by atomic mass is 35.5. The van der Waals surface area contributed by atoms with E-state index in [9.17, 15) is 14.9 Å². The summed E-state index contributed by atoms with van der Waals surface area (Å²) >= 11 is 12.0. The standard InChI is InChI=1S/C19H14Cl2N2O4/c1-26-18(24)11-27-17-6-5-12(8-16(17)21)7-13(10-22)19(25)23-15-4-2-3-14(20)9-15/h2-9H,11H2,1H3,(H,23,25)/b13-7+. The van der Waals surface area contributed by atoms with E-state index in [1.54, 1.807) is 30.3 Å². The van der Waals surface area contributed by atoms with Crippen molar-refractivity contribution in [2.24, 2.45) is 0 Å². The number of benzene rings is 2. The van der Waals surface area contributed by atoms with Crippen LogP contribution < -0.4 is 10.1 Å². The number of hydrogen-bond donors (Lipinski definition) is 1. The molecule has 1 N–H and O–H groups in total. The predicted octanol–water partition coefficient (Wildman–Crippen LogP) is 4.09. The first-order chi connectivity index (χ1) is 12.9. The lowest BCUT2D eigenvalue weighted by molar-refractivity contribution is -0.142. The third kappa shape index (κ3) is 6.03. The van der Waals surface area contributed by atoms with Gasteiger partial charge in [-0.05, 0) is 42.0 Å². The van der Waals surface area contributed by atoms with Gasteiger partial charge in [0.05, 0.1) is 12.1 Å². The van der Waals surface area contributed by atoms with Crippen LogP contribution in [0, 0.1) is 11.3 Å². The summed E-state index contributed by atoms with van der Waals surface area (Å²) in [6, 6.07) is 13.1. The molecule has 1 amide bonds. The van der Waals surface area contributed by atoms with Crippen LogP contribution in [0.4, 0.5) is 5.69 Å². The fourth-order valence-electron chi connectivity index (χ4n) is 2.00. The minimum Gasteiger partial charge on any atom is -0.480 e. The number of carbonyl (C=O) groups is 2. The van der Waals surface area contributed by atoms with Gasteiger partial charge in [-0.2, -0.15) is 5.26 Å². The van der Waals surface area contributed by atoms with E-state index in [0.717, 1.165) is 0 Å². The molecular formula is C19H14Cl2N2O4. The fourth-order valence-corrected chi connectivity index (χ4v) is 2.43. The van der Waals surface area contributed by atoms with Gasteiger partial charge in [-0.15, -0.1) is 0 Å². The van der Waals surface area contributed by atoms with Crippen molar-refractivity contribution in [1.29, 1.82) is 5.26 Å². The van der Waals surface area contributed by atoms with Crippen molar-refractivity contribution in [2.45, 2.75) is 0 Å². The number of methoxy groups -OCH3 is 1. The molecule has 0 saturated carbocycles. The molecule has 2 aromatic carbocycles. The minimum absolute atomic E-state index is 0.116. The molecule has 0 heterocycles. The Labute approximate surface area is 165 Å². The van der Waals surface area contributed by atoms with E-state index in [1.165, 1.54) is 25.3 Å². The summed E-state index contributed by atoms with van der Waals surface area (Å²) in [5, 5.41) is 12.6. The van der Waals surface area contributed by atoms with Gasteiger partial charge in [-0.1, -0.05) is 35.3 Å². The highest BCUT2D eigenvalue weighted by Crippen LogP contribution is 2.26. The Bertz CT molecular complexity index is 936. The van der Waals surface area contributed by atoms with Crippen LogP contribution in [-0.4, -0.2) is 25.6 Å². The van der Waals surface area contributed by atoms with Gasteiger partial charge in [-0.25, -0.2) is 4.79 Å². The second kappa shape index (κ2) is 9.62. The molecule has 0 atom stereocenters. The molecule has 0 unspecified atom stereocenters. The number of amides is 1. The first-order valence-corrected chi connectivity index (χ1v) is 8.36. The molecule has 0 aliphatic heterocycles. The van der Waals surface area contributed by atoms with Crippen molar-refractivity contribution >= 4 is 46.8 Å². The first-order valence-electron chi connectivity index (χ1n) is 7.61. The van der Waals surface area contributed by atoms with E-state index in [-0.39, 0.29) is 23.0 Å². The van der Waals surface area contributed by atoms with E-state index in [2.05, 4.69) is 10.1 Å². The maximum absolute atomic E-state index is 12.3. The topological polar surface area (TPSA) is 88.4 Å². The van der Waals surface area contributed by atoms with E-state index < -0.39 is 11.9 Å². The first kappa shape index (κ1) is 20.3. The number of halogens is 2. The van der Waals surface area contributed by atoms with Gasteiger partial charge >= 0.3 is 5.97 Å². The number of nitriles is 1. The van der Waals surface area contributed by atoms with Gasteiger partial charge in [0.15, 0.2) is 6.61 Å². The molecule has 0 aliphatic rings. The van der Waals surface area contributed by atoms with Gasteiger partial charge < -0.3 is 14.8 Å². The highest BCUT2D eigenvalue weighted by molar-refractivity contribution is 6.32. The Morgan fingerprint density at radius 1 is 1.22 bits per heavy atom. The summed E-state index contributed by atoms with van der Waals surface area (Å²) in [4.78, 5) is 23.4. The zero-order valence-electron chi connectivity index (χ0n) is 14.2. The van der Waals surface area contributed by atoms with Crippen molar-refractivity contribution in [3.05, 3.63) is 63.6 Å². The molecule has 0 bridgehead atoms. The number of ether oxygens (including phenoxy) is 2. The third-order valence-corrected chi connectivity index (χ3v) is 3.82. The van der Waals surface area contributed by atoms with Gasteiger partial charge in [0.25, 0.3) is 5.91 Å². The number of esters is 1. The number of rotatable bonds is 6. The van der Waals surface area contributed by atoms with Crippen LogP contribution in [0.2, 0.25) is 10.0 Å². The molecule has 0 spiro atoms. The molecule has 2 aromatic rings. The van der Waals surface area contributed by atoms with Crippen molar-refractivity contribution in [3.63, 3.8) is 0 Å². The lowest BCUT2D eigenvalue weighted by atomic mass is 10.1. The van der Waals surface area contributed by atoms with Gasteiger partial charge in [0.2, 0.25) is 0 Å². The third-order valence-electron chi connectivity index (χ3n) is 3.29. The molecule has 0 fully saturated rings. The quantitative estimate of drug-likeness (QED) is 0.444. The van der Waals surface area contributed by atoms with E-state index in [0.29, 0.717) is 16.3 Å². The number of hydrogen-bond acceptors (Lipinski definition) is 5. The van der Waals surface area contributed by atoms with Crippen molar-refractivity contribution in [1.82, 2.24) is 0 Å². The molecule has 0 saturated heterocycles. The smallest absolute Gasteiger partial charge is 0.343 e. The van der Waals surface area contributed by atoms with Gasteiger partial charge in [0, 0.05) is 10.7 Å². The van der Waals surface area contributed by atoms with Crippen molar-refractivity contribution in [3.8, 4) is 11.8 Å². The SMILES string of the molecule is COC(=O)COc1ccc(/C=C(\C#N)C(=O)Nc2cccc(Cl)c2)cc1Cl. The number of anilines is 1. The Balaban J connectivity index is 2.14. The zero-order chi connectivity index (χ0) is 19.8. The Morgan fingerprint density at radius 3 is 2.63 bits per heavy atom. The lowest BCUT2D eigenvalue weighted by Gasteiger charge is -2.08. The van der Waals surface area contributed by atoms with E-state index in [1.807, 2.05) is 6.07 Å². The fraction of sp³-hybridized carbons (Fsp3) is 0.105. The Kier molecular flexibility index (Phi) is 7.24. The van der Waals surface area contributed by atoms with Crippen LogP contribution in [0.25, 0.3) is 6.08 Å². The number of nitrogens with zero attached hydrogens (tertiary/aromatic N) is 1. The highest BCUT2D eigenvalue weighted by Gasteiger charge is 2.11. The van der Waals surface area contributed by atoms with Crippen molar-refractivity contribution in [2.75, 3.05) is 19.0 Å².